The van der Waals surface area contributed by atoms with Crippen molar-refractivity contribution in [3.8, 4) is 5.75 Å². The van der Waals surface area contributed by atoms with Crippen molar-refractivity contribution in [2.45, 2.75) is 6.54 Å². The SMILES string of the molecule is COc1ccc(C(=O)OCC(=O)N(C)CC(=O)NCc2ccco2)c2ccccc12. The lowest BCUT2D eigenvalue weighted by molar-refractivity contribution is -0.137. The summed E-state index contributed by atoms with van der Waals surface area (Å²) in [6, 6.07) is 14.0. The molecule has 0 radical (unpaired) electrons. The van der Waals surface area contributed by atoms with Gasteiger partial charge in [-0.05, 0) is 29.7 Å². The van der Waals surface area contributed by atoms with Gasteiger partial charge in [0.1, 0.15) is 11.5 Å². The zero-order valence-electron chi connectivity index (χ0n) is 16.7. The summed E-state index contributed by atoms with van der Waals surface area (Å²) in [5, 5.41) is 4.08. The van der Waals surface area contributed by atoms with Crippen LogP contribution in [0.5, 0.6) is 5.75 Å². The second-order valence-corrected chi connectivity index (χ2v) is 6.54. The molecule has 8 nitrogen and oxygen atoms in total. The first kappa shape index (κ1) is 20.9. The van der Waals surface area contributed by atoms with Gasteiger partial charge in [0.05, 0.1) is 32.0 Å². The minimum absolute atomic E-state index is 0.164. The van der Waals surface area contributed by atoms with E-state index in [0.29, 0.717) is 22.5 Å². The fourth-order valence-corrected chi connectivity index (χ4v) is 2.90. The third kappa shape index (κ3) is 4.96. The van der Waals surface area contributed by atoms with E-state index in [1.807, 2.05) is 12.1 Å². The number of amides is 2. The minimum Gasteiger partial charge on any atom is -0.496 e. The highest BCUT2D eigenvalue weighted by Crippen LogP contribution is 2.28. The predicted octanol–water partition coefficient (Wildman–Crippen LogP) is 2.37. The van der Waals surface area contributed by atoms with Crippen LogP contribution in [0.4, 0.5) is 0 Å². The van der Waals surface area contributed by atoms with Gasteiger partial charge in [0.2, 0.25) is 5.91 Å². The number of benzene rings is 2. The molecule has 0 atom stereocenters. The third-order valence-electron chi connectivity index (χ3n) is 4.50. The number of hydrogen-bond donors (Lipinski definition) is 1. The Bertz CT molecular complexity index is 1040. The van der Waals surface area contributed by atoms with E-state index < -0.39 is 18.5 Å². The number of likely N-dealkylation sites (N-methyl/N-ethyl adjacent to an activating group) is 1. The number of hydrogen-bond acceptors (Lipinski definition) is 6. The Kier molecular flexibility index (Phi) is 6.69. The Labute approximate surface area is 173 Å². The maximum atomic E-state index is 12.5. The van der Waals surface area contributed by atoms with Crippen LogP contribution in [0.25, 0.3) is 10.8 Å². The molecule has 0 saturated carbocycles. The van der Waals surface area contributed by atoms with Crippen molar-refractivity contribution < 1.29 is 28.3 Å². The largest absolute Gasteiger partial charge is 0.496 e. The van der Waals surface area contributed by atoms with Crippen molar-refractivity contribution in [1.82, 2.24) is 10.2 Å². The van der Waals surface area contributed by atoms with Gasteiger partial charge in [-0.25, -0.2) is 4.79 Å². The summed E-state index contributed by atoms with van der Waals surface area (Å²) < 4.78 is 15.6. The second-order valence-electron chi connectivity index (χ2n) is 6.54. The smallest absolute Gasteiger partial charge is 0.339 e. The van der Waals surface area contributed by atoms with Gasteiger partial charge in [0.15, 0.2) is 6.61 Å². The molecule has 1 aromatic heterocycles. The van der Waals surface area contributed by atoms with Crippen LogP contribution in [0.1, 0.15) is 16.1 Å². The summed E-state index contributed by atoms with van der Waals surface area (Å²) in [7, 11) is 3.02. The van der Waals surface area contributed by atoms with Crippen LogP contribution < -0.4 is 10.1 Å². The molecule has 2 aromatic carbocycles. The van der Waals surface area contributed by atoms with Crippen molar-refractivity contribution in [2.75, 3.05) is 27.3 Å². The standard InChI is InChI=1S/C22H22N2O6/c1-24(13-20(25)23-12-15-6-5-11-29-15)21(26)14-30-22(27)18-9-10-19(28-2)17-8-4-3-7-16(17)18/h3-11H,12-14H2,1-2H3,(H,23,25). The molecule has 0 saturated heterocycles. The van der Waals surface area contributed by atoms with E-state index in [1.165, 1.54) is 18.2 Å². The van der Waals surface area contributed by atoms with E-state index in [2.05, 4.69) is 5.32 Å². The maximum absolute atomic E-state index is 12.5. The van der Waals surface area contributed by atoms with Crippen LogP contribution in [0, 0.1) is 0 Å². The van der Waals surface area contributed by atoms with Crippen LogP contribution >= 0.6 is 0 Å². The monoisotopic (exact) mass is 410 g/mol. The van der Waals surface area contributed by atoms with Crippen LogP contribution in [0.3, 0.4) is 0 Å². The molecule has 1 heterocycles. The quantitative estimate of drug-likeness (QED) is 0.573. The lowest BCUT2D eigenvalue weighted by Gasteiger charge is -2.17. The number of esters is 1. The topological polar surface area (TPSA) is 98.1 Å². The molecule has 2 amide bonds. The van der Waals surface area contributed by atoms with Crippen LogP contribution in [-0.4, -0.2) is 50.0 Å². The number of nitrogens with zero attached hydrogens (tertiary/aromatic N) is 1. The first-order chi connectivity index (χ1) is 14.5. The number of rotatable bonds is 8. The Morgan fingerprint density at radius 2 is 1.80 bits per heavy atom. The van der Waals surface area contributed by atoms with E-state index >= 15 is 0 Å². The molecule has 3 rings (SSSR count). The third-order valence-corrected chi connectivity index (χ3v) is 4.50. The van der Waals surface area contributed by atoms with Gasteiger partial charge in [-0.3, -0.25) is 9.59 Å². The zero-order valence-corrected chi connectivity index (χ0v) is 16.7. The lowest BCUT2D eigenvalue weighted by Crippen LogP contribution is -2.39. The summed E-state index contributed by atoms with van der Waals surface area (Å²) in [4.78, 5) is 37.9. The Balaban J connectivity index is 1.54. The van der Waals surface area contributed by atoms with Gasteiger partial charge in [-0.15, -0.1) is 0 Å². The van der Waals surface area contributed by atoms with E-state index in [9.17, 15) is 14.4 Å². The molecular formula is C22H22N2O6. The van der Waals surface area contributed by atoms with Crippen molar-refractivity contribution in [3.05, 3.63) is 66.1 Å². The number of furan rings is 1. The van der Waals surface area contributed by atoms with Crippen LogP contribution in [0.2, 0.25) is 0 Å². The Morgan fingerprint density at radius 1 is 1.03 bits per heavy atom. The summed E-state index contributed by atoms with van der Waals surface area (Å²) >= 11 is 0. The summed E-state index contributed by atoms with van der Waals surface area (Å²) in [5.41, 5.74) is 0.332. The summed E-state index contributed by atoms with van der Waals surface area (Å²) in [6.45, 7) is -0.406. The molecule has 8 heteroatoms. The van der Waals surface area contributed by atoms with Crippen molar-refractivity contribution in [3.63, 3.8) is 0 Å². The predicted molar refractivity (Wildman–Crippen MR) is 109 cm³/mol. The second kappa shape index (κ2) is 9.60. The molecule has 0 aliphatic rings. The summed E-state index contributed by atoms with van der Waals surface area (Å²) in [6.07, 6.45) is 1.51. The fourth-order valence-electron chi connectivity index (χ4n) is 2.90. The van der Waals surface area contributed by atoms with E-state index in [0.717, 1.165) is 5.39 Å². The molecule has 156 valence electrons. The van der Waals surface area contributed by atoms with Crippen LogP contribution in [0.15, 0.2) is 59.2 Å². The minimum atomic E-state index is -0.627. The Morgan fingerprint density at radius 3 is 2.50 bits per heavy atom. The molecular weight excluding hydrogens is 388 g/mol. The highest BCUT2D eigenvalue weighted by Gasteiger charge is 2.18. The molecule has 0 unspecified atom stereocenters. The molecule has 1 N–H and O–H groups in total. The van der Waals surface area contributed by atoms with E-state index in [4.69, 9.17) is 13.9 Å². The zero-order chi connectivity index (χ0) is 21.5. The molecule has 0 spiro atoms. The average molecular weight is 410 g/mol. The number of ether oxygens (including phenoxy) is 2. The lowest BCUT2D eigenvalue weighted by atomic mass is 10.0. The van der Waals surface area contributed by atoms with Crippen molar-refractivity contribution >= 4 is 28.6 Å². The van der Waals surface area contributed by atoms with E-state index in [1.54, 1.807) is 43.5 Å². The first-order valence-electron chi connectivity index (χ1n) is 9.25. The molecule has 0 aliphatic carbocycles. The highest BCUT2D eigenvalue weighted by atomic mass is 16.5. The summed E-state index contributed by atoms with van der Waals surface area (Å²) in [5.74, 6) is -0.224. The fraction of sp³-hybridized carbons (Fsp3) is 0.227. The van der Waals surface area contributed by atoms with Crippen molar-refractivity contribution in [2.24, 2.45) is 0 Å². The molecule has 0 bridgehead atoms. The molecule has 3 aromatic rings. The van der Waals surface area contributed by atoms with Gasteiger partial charge in [0.25, 0.3) is 5.91 Å². The van der Waals surface area contributed by atoms with Gasteiger partial charge < -0.3 is 24.1 Å². The number of carbonyl (C=O) groups is 3. The van der Waals surface area contributed by atoms with E-state index in [-0.39, 0.29) is 19.0 Å². The molecule has 0 aliphatic heterocycles. The normalized spacial score (nSPS) is 10.5. The molecule has 30 heavy (non-hydrogen) atoms. The van der Waals surface area contributed by atoms with Gasteiger partial charge >= 0.3 is 5.97 Å². The Hall–Kier alpha value is -3.81. The van der Waals surface area contributed by atoms with Crippen LogP contribution in [-0.2, 0) is 20.9 Å². The van der Waals surface area contributed by atoms with Gasteiger partial charge in [-0.2, -0.15) is 0 Å². The number of carbonyl (C=O) groups excluding carboxylic acids is 3. The van der Waals surface area contributed by atoms with Gasteiger partial charge in [0, 0.05) is 12.4 Å². The number of methoxy groups -OCH3 is 1. The first-order valence-corrected chi connectivity index (χ1v) is 9.25. The maximum Gasteiger partial charge on any atom is 0.339 e. The highest BCUT2D eigenvalue weighted by molar-refractivity contribution is 6.06. The number of nitrogens with one attached hydrogen (secondary N) is 1. The average Bonchev–Trinajstić information content (AvgIpc) is 3.28. The molecule has 0 fully saturated rings. The van der Waals surface area contributed by atoms with Gasteiger partial charge in [-0.1, -0.05) is 24.3 Å². The van der Waals surface area contributed by atoms with Crippen molar-refractivity contribution in [1.29, 1.82) is 0 Å². The number of fused-ring (bicyclic) bond motifs is 1.